The summed E-state index contributed by atoms with van der Waals surface area (Å²) >= 11 is 0. The van der Waals surface area contributed by atoms with Gasteiger partial charge in [-0.15, -0.1) is 0 Å². The topological polar surface area (TPSA) is 27.7 Å². The van der Waals surface area contributed by atoms with Crippen molar-refractivity contribution in [1.29, 1.82) is 0 Å². The summed E-state index contributed by atoms with van der Waals surface area (Å²) in [5.74, 6) is 1.67. The molecule has 0 aliphatic rings. The summed E-state index contributed by atoms with van der Waals surface area (Å²) in [5.41, 5.74) is 0. The highest BCUT2D eigenvalue weighted by atomic mass is 16.6. The summed E-state index contributed by atoms with van der Waals surface area (Å²) in [7, 11) is 1.66. The Kier molecular flexibility index (Phi) is 5.26. The molecule has 19 heavy (non-hydrogen) atoms. The third kappa shape index (κ3) is 4.64. The van der Waals surface area contributed by atoms with Crippen molar-refractivity contribution in [2.45, 2.75) is 6.10 Å². The zero-order valence-electron chi connectivity index (χ0n) is 11.0. The summed E-state index contributed by atoms with van der Waals surface area (Å²) in [6, 6.07) is 19.4. The molecule has 0 fully saturated rings. The van der Waals surface area contributed by atoms with E-state index in [1.54, 1.807) is 7.11 Å². The molecular weight excluding hydrogens is 240 g/mol. The van der Waals surface area contributed by atoms with Crippen LogP contribution in [0.5, 0.6) is 11.5 Å². The molecule has 0 heterocycles. The van der Waals surface area contributed by atoms with Crippen molar-refractivity contribution < 1.29 is 14.2 Å². The van der Waals surface area contributed by atoms with Crippen LogP contribution in [0.1, 0.15) is 0 Å². The maximum absolute atomic E-state index is 5.64. The van der Waals surface area contributed by atoms with E-state index in [0.717, 1.165) is 11.5 Å². The Morgan fingerprint density at radius 2 is 1.16 bits per heavy atom. The Morgan fingerprint density at radius 3 is 1.53 bits per heavy atom. The van der Waals surface area contributed by atoms with Gasteiger partial charge in [0.15, 0.2) is 0 Å². The van der Waals surface area contributed by atoms with Crippen molar-refractivity contribution in [1.82, 2.24) is 0 Å². The Morgan fingerprint density at radius 1 is 0.737 bits per heavy atom. The molecule has 0 aliphatic heterocycles. The Labute approximate surface area is 113 Å². The van der Waals surface area contributed by atoms with E-state index in [4.69, 9.17) is 14.2 Å². The molecule has 2 aromatic carbocycles. The van der Waals surface area contributed by atoms with Crippen LogP contribution in [0.15, 0.2) is 60.7 Å². The summed E-state index contributed by atoms with van der Waals surface area (Å²) < 4.78 is 16.6. The maximum atomic E-state index is 5.64. The molecule has 100 valence electrons. The first-order valence-electron chi connectivity index (χ1n) is 6.27. The van der Waals surface area contributed by atoms with Gasteiger partial charge in [-0.25, -0.2) is 0 Å². The fraction of sp³-hybridized carbons (Fsp3) is 0.250. The number of ether oxygens (including phenoxy) is 3. The van der Waals surface area contributed by atoms with E-state index in [9.17, 15) is 0 Å². The number of para-hydroxylation sites is 2. The van der Waals surface area contributed by atoms with Crippen LogP contribution in [0.2, 0.25) is 0 Å². The lowest BCUT2D eigenvalue weighted by atomic mass is 10.3. The maximum Gasteiger partial charge on any atom is 0.125 e. The summed E-state index contributed by atoms with van der Waals surface area (Å²) in [6.45, 7) is 0.931. The summed E-state index contributed by atoms with van der Waals surface area (Å²) in [4.78, 5) is 0. The molecule has 0 aromatic heterocycles. The molecule has 2 aromatic rings. The predicted octanol–water partition coefficient (Wildman–Crippen LogP) is 3.16. The SMILES string of the molecule is COC(COc1ccccc1)COc1ccccc1. The quantitative estimate of drug-likeness (QED) is 0.763. The largest absolute Gasteiger partial charge is 0.491 e. The zero-order valence-corrected chi connectivity index (χ0v) is 11.0. The van der Waals surface area contributed by atoms with E-state index in [2.05, 4.69) is 0 Å². The van der Waals surface area contributed by atoms with Gasteiger partial charge in [-0.3, -0.25) is 0 Å². The number of methoxy groups -OCH3 is 1. The molecule has 0 saturated heterocycles. The molecule has 0 aliphatic carbocycles. The molecule has 0 saturated carbocycles. The van der Waals surface area contributed by atoms with Crippen molar-refractivity contribution in [2.24, 2.45) is 0 Å². The zero-order chi connectivity index (χ0) is 13.3. The highest BCUT2D eigenvalue weighted by Crippen LogP contribution is 2.11. The molecule has 0 amide bonds. The van der Waals surface area contributed by atoms with Gasteiger partial charge in [-0.2, -0.15) is 0 Å². The average molecular weight is 258 g/mol. The molecule has 2 rings (SSSR count). The molecule has 0 unspecified atom stereocenters. The van der Waals surface area contributed by atoms with Crippen LogP contribution >= 0.6 is 0 Å². The minimum Gasteiger partial charge on any atom is -0.491 e. The fourth-order valence-electron chi connectivity index (χ4n) is 1.60. The van der Waals surface area contributed by atoms with Gasteiger partial charge in [0.1, 0.15) is 30.8 Å². The Balaban J connectivity index is 1.77. The van der Waals surface area contributed by atoms with Crippen molar-refractivity contribution in [3.8, 4) is 11.5 Å². The first-order valence-corrected chi connectivity index (χ1v) is 6.27. The van der Waals surface area contributed by atoms with E-state index in [1.165, 1.54) is 0 Å². The van der Waals surface area contributed by atoms with Gasteiger partial charge in [0, 0.05) is 7.11 Å². The van der Waals surface area contributed by atoms with Crippen LogP contribution in [0.25, 0.3) is 0 Å². The van der Waals surface area contributed by atoms with Crippen molar-refractivity contribution in [3.63, 3.8) is 0 Å². The lowest BCUT2D eigenvalue weighted by Gasteiger charge is -2.17. The Bertz CT molecular complexity index is 412. The van der Waals surface area contributed by atoms with Gasteiger partial charge >= 0.3 is 0 Å². The van der Waals surface area contributed by atoms with Gasteiger partial charge in [-0.1, -0.05) is 36.4 Å². The summed E-state index contributed by atoms with van der Waals surface area (Å²) in [6.07, 6.45) is -0.0968. The van der Waals surface area contributed by atoms with Crippen LogP contribution in [0.3, 0.4) is 0 Å². The third-order valence-electron chi connectivity index (χ3n) is 2.69. The van der Waals surface area contributed by atoms with E-state index < -0.39 is 0 Å². The van der Waals surface area contributed by atoms with Crippen molar-refractivity contribution >= 4 is 0 Å². The second-order valence-corrected chi connectivity index (χ2v) is 4.11. The lowest BCUT2D eigenvalue weighted by molar-refractivity contribution is 0.0237. The van der Waals surface area contributed by atoms with Gasteiger partial charge in [0.05, 0.1) is 0 Å². The van der Waals surface area contributed by atoms with E-state index in [1.807, 2.05) is 60.7 Å². The molecule has 3 heteroatoms. The van der Waals surface area contributed by atoms with Crippen LogP contribution in [-0.2, 0) is 4.74 Å². The number of hydrogen-bond donors (Lipinski definition) is 0. The van der Waals surface area contributed by atoms with Crippen LogP contribution in [0.4, 0.5) is 0 Å². The molecule has 0 spiro atoms. The molecular formula is C16H18O3. The predicted molar refractivity (Wildman–Crippen MR) is 74.7 cm³/mol. The normalized spacial score (nSPS) is 10.4. The van der Waals surface area contributed by atoms with Crippen LogP contribution in [-0.4, -0.2) is 26.4 Å². The van der Waals surface area contributed by atoms with E-state index >= 15 is 0 Å². The summed E-state index contributed by atoms with van der Waals surface area (Å²) in [5, 5.41) is 0. The molecule has 0 atom stereocenters. The second kappa shape index (κ2) is 7.44. The standard InChI is InChI=1S/C16H18O3/c1-17-16(12-18-14-8-4-2-5-9-14)13-19-15-10-6-3-7-11-15/h2-11,16H,12-13H2,1H3. The number of benzene rings is 2. The first kappa shape index (κ1) is 13.4. The smallest absolute Gasteiger partial charge is 0.125 e. The second-order valence-electron chi connectivity index (χ2n) is 4.11. The molecule has 0 bridgehead atoms. The lowest BCUT2D eigenvalue weighted by Crippen LogP contribution is -2.27. The highest BCUT2D eigenvalue weighted by Gasteiger charge is 2.09. The third-order valence-corrected chi connectivity index (χ3v) is 2.69. The van der Waals surface area contributed by atoms with E-state index in [-0.39, 0.29) is 6.10 Å². The van der Waals surface area contributed by atoms with Crippen LogP contribution < -0.4 is 9.47 Å². The van der Waals surface area contributed by atoms with Gasteiger partial charge in [0.25, 0.3) is 0 Å². The number of hydrogen-bond acceptors (Lipinski definition) is 3. The first-order chi connectivity index (χ1) is 9.38. The number of rotatable bonds is 7. The molecule has 3 nitrogen and oxygen atoms in total. The van der Waals surface area contributed by atoms with Crippen molar-refractivity contribution in [3.05, 3.63) is 60.7 Å². The fourth-order valence-corrected chi connectivity index (χ4v) is 1.60. The Hall–Kier alpha value is -2.00. The average Bonchev–Trinajstić information content (AvgIpc) is 2.49. The minimum atomic E-state index is -0.0968. The van der Waals surface area contributed by atoms with E-state index in [0.29, 0.717) is 13.2 Å². The van der Waals surface area contributed by atoms with Gasteiger partial charge < -0.3 is 14.2 Å². The van der Waals surface area contributed by atoms with Gasteiger partial charge in [-0.05, 0) is 24.3 Å². The molecule has 0 N–H and O–H groups in total. The van der Waals surface area contributed by atoms with Crippen molar-refractivity contribution in [2.75, 3.05) is 20.3 Å². The van der Waals surface area contributed by atoms with Gasteiger partial charge in [0.2, 0.25) is 0 Å². The monoisotopic (exact) mass is 258 g/mol. The minimum absolute atomic E-state index is 0.0968. The van der Waals surface area contributed by atoms with Crippen LogP contribution in [0, 0.1) is 0 Å². The molecule has 0 radical (unpaired) electrons. The highest BCUT2D eigenvalue weighted by molar-refractivity contribution is 5.21.